The molecule has 0 saturated heterocycles. The van der Waals surface area contributed by atoms with E-state index in [0.29, 0.717) is 11.6 Å². The van der Waals surface area contributed by atoms with E-state index >= 15 is 0 Å². The molecule has 0 unspecified atom stereocenters. The third kappa shape index (κ3) is 4.71. The molecule has 2 saturated carbocycles. The van der Waals surface area contributed by atoms with Gasteiger partial charge >= 0.3 is 0 Å². The van der Waals surface area contributed by atoms with Gasteiger partial charge in [-0.1, -0.05) is 41.5 Å². The van der Waals surface area contributed by atoms with Crippen molar-refractivity contribution in [2.75, 3.05) is 0 Å². The van der Waals surface area contributed by atoms with Crippen LogP contribution in [0.25, 0.3) is 0 Å². The van der Waals surface area contributed by atoms with E-state index in [0.717, 1.165) is 25.7 Å². The Hall–Kier alpha value is -0.740. The molecule has 0 amide bonds. The van der Waals surface area contributed by atoms with Gasteiger partial charge in [0.1, 0.15) is 11.6 Å². The Kier molecular flexibility index (Phi) is 5.57. The van der Waals surface area contributed by atoms with E-state index < -0.39 is 5.79 Å². The Morgan fingerprint density at radius 3 is 1.40 bits per heavy atom. The number of ketones is 2. The highest BCUT2D eigenvalue weighted by Crippen LogP contribution is 2.41. The van der Waals surface area contributed by atoms with Crippen LogP contribution in [-0.2, 0) is 19.1 Å². The van der Waals surface area contributed by atoms with Crippen LogP contribution in [0.5, 0.6) is 0 Å². The predicted octanol–water partition coefficient (Wildman–Crippen LogP) is 4.54. The summed E-state index contributed by atoms with van der Waals surface area (Å²) in [4.78, 5) is 24.6. The molecule has 0 aromatic heterocycles. The molecule has 4 nitrogen and oxygen atoms in total. The average molecular weight is 353 g/mol. The van der Waals surface area contributed by atoms with Crippen molar-refractivity contribution in [1.82, 2.24) is 0 Å². The van der Waals surface area contributed by atoms with Gasteiger partial charge in [0.05, 0.1) is 12.2 Å². The molecule has 0 aromatic carbocycles. The van der Waals surface area contributed by atoms with Gasteiger partial charge in [-0.3, -0.25) is 9.59 Å². The zero-order valence-corrected chi connectivity index (χ0v) is 17.3. The second-order valence-corrected chi connectivity index (χ2v) is 10.1. The van der Waals surface area contributed by atoms with Crippen LogP contribution in [0.1, 0.15) is 81.1 Å². The van der Waals surface area contributed by atoms with Gasteiger partial charge in [0.15, 0.2) is 5.79 Å². The molecule has 0 aromatic rings. The summed E-state index contributed by atoms with van der Waals surface area (Å²) in [7, 11) is 0. The lowest BCUT2D eigenvalue weighted by molar-refractivity contribution is -0.272. The molecule has 2 aliphatic carbocycles. The monoisotopic (exact) mass is 352 g/mol. The van der Waals surface area contributed by atoms with E-state index in [9.17, 15) is 9.59 Å². The second kappa shape index (κ2) is 6.77. The van der Waals surface area contributed by atoms with Gasteiger partial charge in [-0.2, -0.15) is 0 Å². The predicted molar refractivity (Wildman–Crippen MR) is 98.2 cm³/mol. The Bertz CT molecular complexity index is 486. The standard InChI is InChI=1S/C21H36O4/c1-13-9-15(11-19(3,4)17(13)22)24-21(7,8)25-16-10-14(2)18(23)20(5,6)12-16/h13-16H,9-12H2,1-8H3/t13-,14-,15-,16-/m1/s1. The summed E-state index contributed by atoms with van der Waals surface area (Å²) in [5, 5.41) is 0. The molecule has 0 radical (unpaired) electrons. The third-order valence-electron chi connectivity index (χ3n) is 5.84. The van der Waals surface area contributed by atoms with E-state index in [-0.39, 0.29) is 34.9 Å². The summed E-state index contributed by atoms with van der Waals surface area (Å²) in [5.41, 5.74) is -0.682. The fourth-order valence-corrected chi connectivity index (χ4v) is 4.85. The van der Waals surface area contributed by atoms with Gasteiger partial charge < -0.3 is 9.47 Å². The van der Waals surface area contributed by atoms with Crippen LogP contribution in [0.3, 0.4) is 0 Å². The molecule has 0 aliphatic heterocycles. The highest BCUT2D eigenvalue weighted by Gasteiger charge is 2.44. The van der Waals surface area contributed by atoms with Crippen molar-refractivity contribution in [3.8, 4) is 0 Å². The number of rotatable bonds is 4. The van der Waals surface area contributed by atoms with Gasteiger partial charge in [-0.15, -0.1) is 0 Å². The van der Waals surface area contributed by atoms with Crippen molar-refractivity contribution in [3.63, 3.8) is 0 Å². The van der Waals surface area contributed by atoms with Crippen LogP contribution in [-0.4, -0.2) is 29.6 Å². The van der Waals surface area contributed by atoms with Crippen LogP contribution in [0.2, 0.25) is 0 Å². The Balaban J connectivity index is 2.00. The zero-order valence-electron chi connectivity index (χ0n) is 17.3. The first kappa shape index (κ1) is 20.6. The van der Waals surface area contributed by atoms with E-state index in [1.54, 1.807) is 0 Å². The maximum atomic E-state index is 12.3. The van der Waals surface area contributed by atoms with E-state index in [1.165, 1.54) is 0 Å². The van der Waals surface area contributed by atoms with Gasteiger partial charge in [-0.05, 0) is 39.5 Å². The highest BCUT2D eigenvalue weighted by molar-refractivity contribution is 5.87. The smallest absolute Gasteiger partial charge is 0.163 e. The average Bonchev–Trinajstić information content (AvgIpc) is 2.40. The van der Waals surface area contributed by atoms with E-state index in [4.69, 9.17) is 9.47 Å². The van der Waals surface area contributed by atoms with Crippen molar-refractivity contribution in [2.45, 2.75) is 99.1 Å². The van der Waals surface area contributed by atoms with E-state index in [1.807, 2.05) is 55.4 Å². The van der Waals surface area contributed by atoms with Gasteiger partial charge in [0.2, 0.25) is 0 Å². The van der Waals surface area contributed by atoms with Crippen LogP contribution < -0.4 is 0 Å². The number of ether oxygens (including phenoxy) is 2. The summed E-state index contributed by atoms with van der Waals surface area (Å²) < 4.78 is 12.6. The van der Waals surface area contributed by atoms with Crippen molar-refractivity contribution < 1.29 is 19.1 Å². The summed E-state index contributed by atoms with van der Waals surface area (Å²) in [5.74, 6) is -0.0201. The molecule has 4 atom stereocenters. The van der Waals surface area contributed by atoms with Crippen LogP contribution in [0.15, 0.2) is 0 Å². The largest absolute Gasteiger partial charge is 0.347 e. The molecule has 2 rings (SSSR count). The first-order chi connectivity index (χ1) is 11.2. The zero-order chi connectivity index (χ0) is 19.2. The van der Waals surface area contributed by atoms with Gasteiger partial charge in [-0.25, -0.2) is 0 Å². The fourth-order valence-electron chi connectivity index (χ4n) is 4.85. The summed E-state index contributed by atoms with van der Waals surface area (Å²) in [6.45, 7) is 15.9. The van der Waals surface area contributed by atoms with E-state index in [2.05, 4.69) is 0 Å². The molecule has 25 heavy (non-hydrogen) atoms. The molecular formula is C21H36O4. The molecule has 2 aliphatic rings. The minimum atomic E-state index is -0.721. The Morgan fingerprint density at radius 2 is 1.12 bits per heavy atom. The lowest BCUT2D eigenvalue weighted by Crippen LogP contribution is -2.48. The Labute approximate surface area is 153 Å². The summed E-state index contributed by atoms with van der Waals surface area (Å²) in [6.07, 6.45) is 3.00. The molecular weight excluding hydrogens is 316 g/mol. The van der Waals surface area contributed by atoms with Crippen molar-refractivity contribution in [2.24, 2.45) is 22.7 Å². The van der Waals surface area contributed by atoms with Crippen molar-refractivity contribution >= 4 is 11.6 Å². The van der Waals surface area contributed by atoms with Gasteiger partial charge in [0.25, 0.3) is 0 Å². The minimum Gasteiger partial charge on any atom is -0.347 e. The highest BCUT2D eigenvalue weighted by atomic mass is 16.7. The molecule has 0 heterocycles. The quantitative estimate of drug-likeness (QED) is 0.697. The van der Waals surface area contributed by atoms with Crippen LogP contribution in [0, 0.1) is 22.7 Å². The number of hydrogen-bond acceptors (Lipinski definition) is 4. The summed E-state index contributed by atoms with van der Waals surface area (Å²) >= 11 is 0. The van der Waals surface area contributed by atoms with Crippen LogP contribution in [0.4, 0.5) is 0 Å². The molecule has 144 valence electrons. The topological polar surface area (TPSA) is 52.6 Å². The number of Topliss-reactive ketones (excluding diaryl/α,β-unsaturated/α-hetero) is 2. The third-order valence-corrected chi connectivity index (χ3v) is 5.84. The lowest BCUT2D eigenvalue weighted by atomic mass is 9.70. The molecule has 0 bridgehead atoms. The first-order valence-corrected chi connectivity index (χ1v) is 9.68. The molecule has 2 fully saturated rings. The number of carbonyl (C=O) groups excluding carboxylic acids is 2. The fraction of sp³-hybridized carbons (Fsp3) is 0.905. The first-order valence-electron chi connectivity index (χ1n) is 9.68. The normalized spacial score (nSPS) is 35.7. The number of hydrogen-bond donors (Lipinski definition) is 0. The van der Waals surface area contributed by atoms with Crippen molar-refractivity contribution in [1.29, 1.82) is 0 Å². The van der Waals surface area contributed by atoms with Gasteiger partial charge in [0, 0.05) is 22.7 Å². The molecule has 0 spiro atoms. The maximum Gasteiger partial charge on any atom is 0.163 e. The SMILES string of the molecule is C[C@@H]1C[C@@H](OC(C)(C)O[C@@H]2C[C@@H](C)C(=O)C(C)(C)C2)CC(C)(C)C1=O. The molecule has 0 N–H and O–H groups in total. The lowest BCUT2D eigenvalue weighted by Gasteiger charge is -2.44. The van der Waals surface area contributed by atoms with Crippen molar-refractivity contribution in [3.05, 3.63) is 0 Å². The molecule has 4 heteroatoms. The second-order valence-electron chi connectivity index (χ2n) is 10.1. The Morgan fingerprint density at radius 1 is 0.800 bits per heavy atom. The van der Waals surface area contributed by atoms with Crippen LogP contribution >= 0.6 is 0 Å². The maximum absolute atomic E-state index is 12.3. The minimum absolute atomic E-state index is 0.0216. The summed E-state index contributed by atoms with van der Waals surface area (Å²) in [6, 6.07) is 0. The number of carbonyl (C=O) groups is 2.